The van der Waals surface area contributed by atoms with Crippen molar-refractivity contribution in [1.82, 2.24) is 0 Å². The van der Waals surface area contributed by atoms with Crippen molar-refractivity contribution in [2.45, 2.75) is 72.8 Å². The molecule has 0 amide bonds. The molecule has 0 heterocycles. The normalized spacial score (nSPS) is 13.0. The SMILES string of the molecule is C=CC=C.CC.CC.Cc1ccccc1OC1CCCCC1. The van der Waals surface area contributed by atoms with Crippen LogP contribution in [0.15, 0.2) is 49.6 Å². The summed E-state index contributed by atoms with van der Waals surface area (Å²) in [7, 11) is 0. The minimum absolute atomic E-state index is 0.463. The molecule has 1 heteroatoms. The average Bonchev–Trinajstić information content (AvgIpc) is 2.62. The molecule has 0 radical (unpaired) electrons. The molecule has 1 saturated carbocycles. The molecule has 1 nitrogen and oxygen atoms in total. The molecule has 126 valence electrons. The van der Waals surface area contributed by atoms with Crippen LogP contribution in [0.2, 0.25) is 0 Å². The van der Waals surface area contributed by atoms with E-state index in [4.69, 9.17) is 4.74 Å². The van der Waals surface area contributed by atoms with Gasteiger partial charge in [-0.3, -0.25) is 0 Å². The Morgan fingerprint density at radius 3 is 1.86 bits per heavy atom. The first-order valence-corrected chi connectivity index (χ1v) is 8.73. The highest BCUT2D eigenvalue weighted by atomic mass is 16.5. The largest absolute Gasteiger partial charge is 0.490 e. The van der Waals surface area contributed by atoms with E-state index in [1.807, 2.05) is 33.8 Å². The van der Waals surface area contributed by atoms with Crippen molar-refractivity contribution < 1.29 is 4.74 Å². The zero-order chi connectivity index (χ0) is 17.2. The maximum Gasteiger partial charge on any atom is 0.122 e. The number of benzene rings is 1. The Kier molecular flexibility index (Phi) is 18.2. The Balaban J connectivity index is 0. The smallest absolute Gasteiger partial charge is 0.122 e. The summed E-state index contributed by atoms with van der Waals surface area (Å²) in [5.41, 5.74) is 1.25. The Labute approximate surface area is 139 Å². The molecule has 1 aliphatic rings. The van der Waals surface area contributed by atoms with E-state index in [9.17, 15) is 0 Å². The minimum Gasteiger partial charge on any atom is -0.490 e. The van der Waals surface area contributed by atoms with Gasteiger partial charge < -0.3 is 4.74 Å². The zero-order valence-corrected chi connectivity index (χ0v) is 15.4. The van der Waals surface area contributed by atoms with Gasteiger partial charge in [0, 0.05) is 0 Å². The van der Waals surface area contributed by atoms with Gasteiger partial charge in [0.25, 0.3) is 0 Å². The van der Waals surface area contributed by atoms with E-state index in [1.165, 1.54) is 37.7 Å². The molecular weight excluding hydrogens is 268 g/mol. The standard InChI is InChI=1S/C13H18O.C4H6.2C2H6/c1-11-7-5-6-10-13(11)14-12-8-3-2-4-9-12;1-3-4-2;2*1-2/h5-7,10,12H,2-4,8-9H2,1H3;3-4H,1-2H2;2*1-2H3. The summed E-state index contributed by atoms with van der Waals surface area (Å²) >= 11 is 0. The van der Waals surface area contributed by atoms with Crippen molar-refractivity contribution in [3.8, 4) is 5.75 Å². The lowest BCUT2D eigenvalue weighted by atomic mass is 9.98. The Hall–Kier alpha value is -1.50. The quantitative estimate of drug-likeness (QED) is 0.540. The first kappa shape index (κ1) is 22.8. The van der Waals surface area contributed by atoms with Gasteiger partial charge in [0.05, 0.1) is 6.10 Å². The predicted molar refractivity (Wildman–Crippen MR) is 102 cm³/mol. The number of ether oxygens (including phenoxy) is 1. The van der Waals surface area contributed by atoms with Gasteiger partial charge in [0.2, 0.25) is 0 Å². The molecule has 0 unspecified atom stereocenters. The molecular formula is C21H36O. The fourth-order valence-corrected chi connectivity index (χ4v) is 2.05. The highest BCUT2D eigenvalue weighted by Gasteiger charge is 2.15. The van der Waals surface area contributed by atoms with Gasteiger partial charge in [-0.25, -0.2) is 0 Å². The van der Waals surface area contributed by atoms with Gasteiger partial charge in [-0.15, -0.1) is 0 Å². The van der Waals surface area contributed by atoms with E-state index in [0.29, 0.717) is 6.10 Å². The average molecular weight is 305 g/mol. The van der Waals surface area contributed by atoms with Crippen LogP contribution in [0.4, 0.5) is 0 Å². The summed E-state index contributed by atoms with van der Waals surface area (Å²) in [6.45, 7) is 16.8. The molecule has 1 fully saturated rings. The van der Waals surface area contributed by atoms with E-state index in [2.05, 4.69) is 38.3 Å². The molecule has 2 rings (SSSR count). The summed E-state index contributed by atoms with van der Waals surface area (Å²) < 4.78 is 5.99. The second-order valence-electron chi connectivity index (χ2n) is 4.61. The van der Waals surface area contributed by atoms with Crippen LogP contribution in [0.5, 0.6) is 5.75 Å². The van der Waals surface area contributed by atoms with E-state index < -0.39 is 0 Å². The van der Waals surface area contributed by atoms with Crippen molar-refractivity contribution in [3.05, 3.63) is 55.1 Å². The van der Waals surface area contributed by atoms with E-state index >= 15 is 0 Å². The molecule has 1 aromatic carbocycles. The highest BCUT2D eigenvalue weighted by molar-refractivity contribution is 5.31. The third kappa shape index (κ3) is 11.2. The minimum atomic E-state index is 0.463. The van der Waals surface area contributed by atoms with Gasteiger partial charge in [0.1, 0.15) is 5.75 Å². The fourth-order valence-electron chi connectivity index (χ4n) is 2.05. The number of hydrogen-bond donors (Lipinski definition) is 0. The van der Waals surface area contributed by atoms with Crippen LogP contribution in [-0.2, 0) is 0 Å². The monoisotopic (exact) mass is 304 g/mol. The molecule has 22 heavy (non-hydrogen) atoms. The second kappa shape index (κ2) is 17.6. The summed E-state index contributed by atoms with van der Waals surface area (Å²) in [6, 6.07) is 8.29. The van der Waals surface area contributed by atoms with Crippen LogP contribution in [0.25, 0.3) is 0 Å². The lowest BCUT2D eigenvalue weighted by molar-refractivity contribution is 0.154. The first-order chi connectivity index (χ1) is 10.8. The molecule has 1 aromatic rings. The summed E-state index contributed by atoms with van der Waals surface area (Å²) in [5.74, 6) is 1.07. The fraction of sp³-hybridized carbons (Fsp3) is 0.524. The molecule has 0 aliphatic heterocycles. The van der Waals surface area contributed by atoms with E-state index in [0.717, 1.165) is 5.75 Å². The Bertz CT molecular complexity index is 356. The van der Waals surface area contributed by atoms with Crippen LogP contribution >= 0.6 is 0 Å². The van der Waals surface area contributed by atoms with Crippen molar-refractivity contribution in [3.63, 3.8) is 0 Å². The van der Waals surface area contributed by atoms with E-state index in [-0.39, 0.29) is 0 Å². The topological polar surface area (TPSA) is 9.23 Å². The number of rotatable bonds is 3. The van der Waals surface area contributed by atoms with Gasteiger partial charge in [-0.05, 0) is 44.2 Å². The number of hydrogen-bond acceptors (Lipinski definition) is 1. The molecule has 0 saturated heterocycles. The lowest BCUT2D eigenvalue weighted by Crippen LogP contribution is -2.19. The number of aryl methyl sites for hydroxylation is 1. The zero-order valence-electron chi connectivity index (χ0n) is 15.4. The van der Waals surface area contributed by atoms with Gasteiger partial charge in [-0.1, -0.05) is 77.6 Å². The lowest BCUT2D eigenvalue weighted by Gasteiger charge is -2.23. The van der Waals surface area contributed by atoms with Crippen LogP contribution in [0.3, 0.4) is 0 Å². The molecule has 1 aliphatic carbocycles. The van der Waals surface area contributed by atoms with E-state index in [1.54, 1.807) is 12.2 Å². The first-order valence-electron chi connectivity index (χ1n) is 8.73. The molecule has 0 aromatic heterocycles. The van der Waals surface area contributed by atoms with Crippen molar-refractivity contribution in [2.24, 2.45) is 0 Å². The number of para-hydroxylation sites is 1. The molecule has 0 N–H and O–H groups in total. The summed E-state index contributed by atoms with van der Waals surface area (Å²) in [4.78, 5) is 0. The van der Waals surface area contributed by atoms with Crippen LogP contribution in [0, 0.1) is 6.92 Å². The van der Waals surface area contributed by atoms with Crippen LogP contribution in [0.1, 0.15) is 65.4 Å². The summed E-state index contributed by atoms with van der Waals surface area (Å²) in [5, 5.41) is 0. The van der Waals surface area contributed by atoms with Gasteiger partial charge in [0.15, 0.2) is 0 Å². The highest BCUT2D eigenvalue weighted by Crippen LogP contribution is 2.25. The maximum atomic E-state index is 5.99. The molecule has 0 bridgehead atoms. The summed E-state index contributed by atoms with van der Waals surface area (Å²) in [6.07, 6.45) is 10.2. The Morgan fingerprint density at radius 1 is 0.909 bits per heavy atom. The van der Waals surface area contributed by atoms with Crippen molar-refractivity contribution >= 4 is 0 Å². The number of allylic oxidation sites excluding steroid dienone is 2. The third-order valence-corrected chi connectivity index (χ3v) is 3.11. The van der Waals surface area contributed by atoms with Crippen LogP contribution < -0.4 is 4.74 Å². The van der Waals surface area contributed by atoms with Crippen molar-refractivity contribution in [2.75, 3.05) is 0 Å². The third-order valence-electron chi connectivity index (χ3n) is 3.11. The molecule has 0 spiro atoms. The van der Waals surface area contributed by atoms with Gasteiger partial charge >= 0.3 is 0 Å². The van der Waals surface area contributed by atoms with Crippen molar-refractivity contribution in [1.29, 1.82) is 0 Å². The van der Waals surface area contributed by atoms with Crippen LogP contribution in [-0.4, -0.2) is 6.10 Å². The predicted octanol–water partition coefficient (Wildman–Crippen LogP) is 7.12. The van der Waals surface area contributed by atoms with Gasteiger partial charge in [-0.2, -0.15) is 0 Å². The maximum absolute atomic E-state index is 5.99. The molecule has 0 atom stereocenters. The Morgan fingerprint density at radius 2 is 1.41 bits per heavy atom. The second-order valence-corrected chi connectivity index (χ2v) is 4.61.